The summed E-state index contributed by atoms with van der Waals surface area (Å²) in [5.41, 5.74) is 0.511. The molecule has 0 heterocycles. The standard InChI is InChI=1S/C15H23NO3.ClH/c1-4-15(2,3)13(14(18)19)16-12(10-17)11-8-6-5-7-9-11;/h5-9,12-13,16-17H,4,10H2,1-3H3,(H,18,19);1H/t12-,13+;/m0./s1. The molecule has 0 aliphatic heterocycles. The van der Waals surface area contributed by atoms with Gasteiger partial charge in [0.15, 0.2) is 0 Å². The molecule has 1 rings (SSSR count). The van der Waals surface area contributed by atoms with Gasteiger partial charge in [0.2, 0.25) is 0 Å². The first kappa shape index (κ1) is 18.9. The average molecular weight is 302 g/mol. The molecule has 1 aromatic carbocycles. The monoisotopic (exact) mass is 301 g/mol. The first-order chi connectivity index (χ1) is 8.92. The third kappa shape index (κ3) is 4.78. The van der Waals surface area contributed by atoms with Crippen LogP contribution in [-0.2, 0) is 4.79 Å². The Balaban J connectivity index is 0.00000361. The first-order valence-corrected chi connectivity index (χ1v) is 6.57. The highest BCUT2D eigenvalue weighted by Crippen LogP contribution is 2.27. The molecule has 0 bridgehead atoms. The summed E-state index contributed by atoms with van der Waals surface area (Å²) in [6.07, 6.45) is 0.740. The maximum Gasteiger partial charge on any atom is 0.321 e. The molecule has 114 valence electrons. The minimum absolute atomic E-state index is 0. The smallest absolute Gasteiger partial charge is 0.321 e. The summed E-state index contributed by atoms with van der Waals surface area (Å²) in [6, 6.07) is 8.34. The fourth-order valence-corrected chi connectivity index (χ4v) is 1.98. The number of benzene rings is 1. The van der Waals surface area contributed by atoms with Crippen LogP contribution in [0.1, 0.15) is 38.8 Å². The lowest BCUT2D eigenvalue weighted by Gasteiger charge is -2.33. The zero-order chi connectivity index (χ0) is 14.5. The zero-order valence-corrected chi connectivity index (χ0v) is 13.0. The van der Waals surface area contributed by atoms with Crippen LogP contribution in [0.5, 0.6) is 0 Å². The van der Waals surface area contributed by atoms with E-state index in [0.717, 1.165) is 12.0 Å². The van der Waals surface area contributed by atoms with E-state index >= 15 is 0 Å². The number of carboxylic acids is 1. The van der Waals surface area contributed by atoms with E-state index in [1.807, 2.05) is 51.1 Å². The Bertz CT molecular complexity index is 409. The first-order valence-electron chi connectivity index (χ1n) is 6.57. The molecule has 0 unspecified atom stereocenters. The summed E-state index contributed by atoms with van der Waals surface area (Å²) in [7, 11) is 0. The number of aliphatic hydroxyl groups is 1. The summed E-state index contributed by atoms with van der Waals surface area (Å²) in [6.45, 7) is 5.66. The fourth-order valence-electron chi connectivity index (χ4n) is 1.98. The van der Waals surface area contributed by atoms with E-state index in [1.165, 1.54) is 0 Å². The molecule has 2 atom stereocenters. The van der Waals surface area contributed by atoms with E-state index in [-0.39, 0.29) is 30.5 Å². The molecule has 0 aliphatic rings. The van der Waals surface area contributed by atoms with E-state index in [0.29, 0.717) is 0 Å². The molecule has 0 amide bonds. The Morgan fingerprint density at radius 1 is 1.30 bits per heavy atom. The van der Waals surface area contributed by atoms with Crippen molar-refractivity contribution in [1.29, 1.82) is 0 Å². The second-order valence-electron chi connectivity index (χ2n) is 5.43. The highest BCUT2D eigenvalue weighted by Gasteiger charge is 2.35. The van der Waals surface area contributed by atoms with Crippen LogP contribution in [0.15, 0.2) is 30.3 Å². The largest absolute Gasteiger partial charge is 0.480 e. The molecule has 0 radical (unpaired) electrons. The van der Waals surface area contributed by atoms with Gasteiger partial charge in [0.25, 0.3) is 0 Å². The molecule has 0 saturated heterocycles. The summed E-state index contributed by atoms with van der Waals surface area (Å²) in [5, 5.41) is 21.9. The molecule has 1 aromatic rings. The van der Waals surface area contributed by atoms with Crippen LogP contribution in [0.25, 0.3) is 0 Å². The van der Waals surface area contributed by atoms with Gasteiger partial charge in [-0.3, -0.25) is 10.1 Å². The minimum Gasteiger partial charge on any atom is -0.480 e. The summed E-state index contributed by atoms with van der Waals surface area (Å²) in [4.78, 5) is 11.4. The summed E-state index contributed by atoms with van der Waals surface area (Å²) < 4.78 is 0. The van der Waals surface area contributed by atoms with Crippen molar-refractivity contribution in [2.75, 3.05) is 6.61 Å². The quantitative estimate of drug-likeness (QED) is 0.724. The van der Waals surface area contributed by atoms with Gasteiger partial charge in [-0.2, -0.15) is 0 Å². The molecule has 0 saturated carbocycles. The zero-order valence-electron chi connectivity index (χ0n) is 12.2. The summed E-state index contributed by atoms with van der Waals surface area (Å²) in [5.74, 6) is -0.888. The Morgan fingerprint density at radius 2 is 1.85 bits per heavy atom. The van der Waals surface area contributed by atoms with Gasteiger partial charge in [0.1, 0.15) is 6.04 Å². The van der Waals surface area contributed by atoms with E-state index < -0.39 is 12.0 Å². The van der Waals surface area contributed by atoms with Gasteiger partial charge in [-0.25, -0.2) is 0 Å². The van der Waals surface area contributed by atoms with Crippen molar-refractivity contribution in [2.24, 2.45) is 5.41 Å². The molecule has 20 heavy (non-hydrogen) atoms. The SMILES string of the molecule is CCC(C)(C)[C@H](N[C@@H](CO)c1ccccc1)C(=O)O.Cl. The maximum absolute atomic E-state index is 11.4. The lowest BCUT2D eigenvalue weighted by Crippen LogP contribution is -2.49. The fraction of sp³-hybridized carbons (Fsp3) is 0.533. The lowest BCUT2D eigenvalue weighted by molar-refractivity contribution is -0.143. The van der Waals surface area contributed by atoms with Crippen LogP contribution < -0.4 is 5.32 Å². The van der Waals surface area contributed by atoms with Crippen LogP contribution in [-0.4, -0.2) is 28.8 Å². The van der Waals surface area contributed by atoms with Crippen LogP contribution in [0.4, 0.5) is 0 Å². The van der Waals surface area contributed by atoms with Crippen molar-refractivity contribution in [1.82, 2.24) is 5.32 Å². The molecule has 0 spiro atoms. The van der Waals surface area contributed by atoms with Crippen LogP contribution in [0.2, 0.25) is 0 Å². The van der Waals surface area contributed by atoms with E-state index in [4.69, 9.17) is 0 Å². The molecule has 3 N–H and O–H groups in total. The number of rotatable bonds is 7. The number of hydrogen-bond donors (Lipinski definition) is 3. The van der Waals surface area contributed by atoms with Crippen molar-refractivity contribution in [3.8, 4) is 0 Å². The molecule has 0 fully saturated rings. The maximum atomic E-state index is 11.4. The number of carbonyl (C=O) groups is 1. The van der Waals surface area contributed by atoms with Gasteiger partial charge in [-0.1, -0.05) is 51.1 Å². The minimum atomic E-state index is -0.888. The van der Waals surface area contributed by atoms with Gasteiger partial charge >= 0.3 is 5.97 Å². The summed E-state index contributed by atoms with van der Waals surface area (Å²) >= 11 is 0. The lowest BCUT2D eigenvalue weighted by atomic mass is 9.81. The van der Waals surface area contributed by atoms with E-state index in [2.05, 4.69) is 5.32 Å². The van der Waals surface area contributed by atoms with Crippen LogP contribution in [0, 0.1) is 5.41 Å². The number of carboxylic acid groups (broad SMARTS) is 1. The highest BCUT2D eigenvalue weighted by molar-refractivity contribution is 5.85. The van der Waals surface area contributed by atoms with E-state index in [9.17, 15) is 15.0 Å². The highest BCUT2D eigenvalue weighted by atomic mass is 35.5. The Hall–Kier alpha value is -1.10. The third-order valence-corrected chi connectivity index (χ3v) is 3.69. The predicted octanol–water partition coefficient (Wildman–Crippen LogP) is 2.62. The van der Waals surface area contributed by atoms with Crippen LogP contribution in [0.3, 0.4) is 0 Å². The number of aliphatic hydroxyl groups excluding tert-OH is 1. The van der Waals surface area contributed by atoms with E-state index in [1.54, 1.807) is 0 Å². The molecule has 5 heteroatoms. The number of hydrogen-bond acceptors (Lipinski definition) is 3. The number of halogens is 1. The predicted molar refractivity (Wildman–Crippen MR) is 82.1 cm³/mol. The van der Waals surface area contributed by atoms with Gasteiger partial charge in [0.05, 0.1) is 12.6 Å². The molecule has 0 aromatic heterocycles. The van der Waals surface area contributed by atoms with Gasteiger partial charge in [0, 0.05) is 0 Å². The number of nitrogens with one attached hydrogen (secondary N) is 1. The van der Waals surface area contributed by atoms with Crippen LogP contribution >= 0.6 is 12.4 Å². The second-order valence-corrected chi connectivity index (χ2v) is 5.43. The Morgan fingerprint density at radius 3 is 2.25 bits per heavy atom. The van der Waals surface area contributed by atoms with Crippen molar-refractivity contribution < 1.29 is 15.0 Å². The Labute approximate surface area is 126 Å². The van der Waals surface area contributed by atoms with Crippen molar-refractivity contribution in [3.63, 3.8) is 0 Å². The Kier molecular flexibility index (Phi) is 7.79. The third-order valence-electron chi connectivity index (χ3n) is 3.69. The van der Waals surface area contributed by atoms with Gasteiger partial charge in [-0.05, 0) is 17.4 Å². The molecular formula is C15H24ClNO3. The van der Waals surface area contributed by atoms with Gasteiger partial charge < -0.3 is 10.2 Å². The normalized spacial score (nSPS) is 14.2. The average Bonchev–Trinajstić information content (AvgIpc) is 2.40. The number of aliphatic carboxylic acids is 1. The second kappa shape index (κ2) is 8.25. The molecular weight excluding hydrogens is 278 g/mol. The molecule has 4 nitrogen and oxygen atoms in total. The topological polar surface area (TPSA) is 69.6 Å². The van der Waals surface area contributed by atoms with Gasteiger partial charge in [-0.15, -0.1) is 12.4 Å². The van der Waals surface area contributed by atoms with Crippen molar-refractivity contribution in [3.05, 3.63) is 35.9 Å². The molecule has 0 aliphatic carbocycles. The van der Waals surface area contributed by atoms with Crippen molar-refractivity contribution in [2.45, 2.75) is 39.3 Å². The van der Waals surface area contributed by atoms with Crippen molar-refractivity contribution >= 4 is 18.4 Å².